The molecule has 118 valence electrons. The molecule has 0 aromatic heterocycles. The van der Waals surface area contributed by atoms with Crippen LogP contribution in [0.25, 0.3) is 0 Å². The second-order valence-corrected chi connectivity index (χ2v) is 7.15. The molecule has 2 atom stereocenters. The zero-order valence-electron chi connectivity index (χ0n) is 11.7. The van der Waals surface area contributed by atoms with E-state index >= 15 is 0 Å². The number of nitrogens with zero attached hydrogens (tertiary/aromatic N) is 1. The van der Waals surface area contributed by atoms with Crippen molar-refractivity contribution < 1.29 is 21.6 Å². The minimum atomic E-state index is -5.31. The highest BCUT2D eigenvalue weighted by atomic mass is 32.2. The molecule has 1 heterocycles. The van der Waals surface area contributed by atoms with E-state index < -0.39 is 20.2 Å². The lowest BCUT2D eigenvalue weighted by molar-refractivity contribution is -0.0435. The molecule has 0 aliphatic carbocycles. The van der Waals surface area contributed by atoms with Crippen LogP contribution >= 0.6 is 0 Å². The molecule has 0 spiro atoms. The van der Waals surface area contributed by atoms with Crippen LogP contribution in [0.3, 0.4) is 0 Å². The zero-order valence-corrected chi connectivity index (χ0v) is 12.5. The third kappa shape index (κ3) is 3.01. The number of nitrogens with one attached hydrogen (secondary N) is 1. The molecule has 1 aliphatic rings. The van der Waals surface area contributed by atoms with Crippen LogP contribution in [0.4, 0.5) is 18.9 Å². The standard InChI is InChI=1S/C13H17F3N2O2S/c1-9-7-17-8-10(2)18(9)11-4-3-5-12(6-11)21(19,20)13(14,15)16/h3-6,9-10,17H,7-8H2,1-2H3/t9-,10+. The molecule has 1 N–H and O–H groups in total. The highest BCUT2D eigenvalue weighted by Gasteiger charge is 2.47. The largest absolute Gasteiger partial charge is 0.501 e. The Morgan fingerprint density at radius 1 is 1.19 bits per heavy atom. The van der Waals surface area contributed by atoms with Crippen molar-refractivity contribution in [2.45, 2.75) is 36.3 Å². The molecule has 1 fully saturated rings. The molecule has 4 nitrogen and oxygen atoms in total. The topological polar surface area (TPSA) is 49.4 Å². The van der Waals surface area contributed by atoms with Gasteiger partial charge in [0.15, 0.2) is 0 Å². The van der Waals surface area contributed by atoms with Gasteiger partial charge in [0, 0.05) is 30.9 Å². The number of hydrogen-bond donors (Lipinski definition) is 1. The minimum absolute atomic E-state index is 0.0672. The molecule has 2 rings (SSSR count). The first-order chi connectivity index (χ1) is 9.64. The van der Waals surface area contributed by atoms with Gasteiger partial charge in [0.05, 0.1) is 4.90 Å². The SMILES string of the molecule is C[C@@H]1CNC[C@H](C)N1c1cccc(S(=O)(=O)C(F)(F)F)c1. The third-order valence-corrected chi connectivity index (χ3v) is 5.04. The van der Waals surface area contributed by atoms with Crippen LogP contribution in [0, 0.1) is 0 Å². The van der Waals surface area contributed by atoms with E-state index in [1.807, 2.05) is 18.7 Å². The van der Waals surface area contributed by atoms with Crippen molar-refractivity contribution in [2.24, 2.45) is 0 Å². The van der Waals surface area contributed by atoms with Crippen LogP contribution in [0.1, 0.15) is 13.8 Å². The molecule has 1 saturated heterocycles. The quantitative estimate of drug-likeness (QED) is 0.907. The average molecular weight is 322 g/mol. The van der Waals surface area contributed by atoms with Gasteiger partial charge in [0.1, 0.15) is 0 Å². The van der Waals surface area contributed by atoms with Crippen molar-refractivity contribution in [1.82, 2.24) is 5.32 Å². The van der Waals surface area contributed by atoms with Crippen molar-refractivity contribution in [2.75, 3.05) is 18.0 Å². The maximum Gasteiger partial charge on any atom is 0.501 e. The summed E-state index contributed by atoms with van der Waals surface area (Å²) in [6.45, 7) is 5.27. The van der Waals surface area contributed by atoms with E-state index in [4.69, 9.17) is 0 Å². The third-order valence-electron chi connectivity index (χ3n) is 3.56. The van der Waals surface area contributed by atoms with Crippen LogP contribution < -0.4 is 10.2 Å². The molecular formula is C13H17F3N2O2S. The minimum Gasteiger partial charge on any atom is -0.364 e. The lowest BCUT2D eigenvalue weighted by Gasteiger charge is -2.41. The smallest absolute Gasteiger partial charge is 0.364 e. The summed E-state index contributed by atoms with van der Waals surface area (Å²) in [5.41, 5.74) is -4.80. The number of rotatable bonds is 2. The number of halogens is 3. The van der Waals surface area contributed by atoms with E-state index in [-0.39, 0.29) is 12.1 Å². The molecule has 1 aliphatic heterocycles. The van der Waals surface area contributed by atoms with Crippen molar-refractivity contribution >= 4 is 15.5 Å². The lowest BCUT2D eigenvalue weighted by Crippen LogP contribution is -2.55. The van der Waals surface area contributed by atoms with E-state index in [2.05, 4.69) is 5.32 Å². The first-order valence-electron chi connectivity index (χ1n) is 6.55. The van der Waals surface area contributed by atoms with Gasteiger partial charge >= 0.3 is 5.51 Å². The molecule has 1 aromatic carbocycles. The molecule has 0 radical (unpaired) electrons. The Balaban J connectivity index is 2.43. The number of hydrogen-bond acceptors (Lipinski definition) is 4. The van der Waals surface area contributed by atoms with Crippen molar-refractivity contribution in [1.29, 1.82) is 0 Å². The zero-order chi connectivity index (χ0) is 15.8. The van der Waals surface area contributed by atoms with E-state index in [0.29, 0.717) is 18.8 Å². The van der Waals surface area contributed by atoms with Crippen molar-refractivity contribution in [3.63, 3.8) is 0 Å². The monoisotopic (exact) mass is 322 g/mol. The van der Waals surface area contributed by atoms with E-state index in [1.54, 1.807) is 6.07 Å². The second-order valence-electron chi connectivity index (χ2n) is 5.21. The summed E-state index contributed by atoms with van der Waals surface area (Å²) in [5, 5.41) is 3.21. The van der Waals surface area contributed by atoms with E-state index in [1.165, 1.54) is 6.07 Å². The predicted molar refractivity (Wildman–Crippen MR) is 74.0 cm³/mol. The Labute approximate surface area is 121 Å². The fourth-order valence-corrected chi connectivity index (χ4v) is 3.39. The van der Waals surface area contributed by atoms with Crippen molar-refractivity contribution in [3.05, 3.63) is 24.3 Å². The van der Waals surface area contributed by atoms with Gasteiger partial charge in [0.25, 0.3) is 9.84 Å². The van der Waals surface area contributed by atoms with Crippen LogP contribution in [-0.4, -0.2) is 39.1 Å². The van der Waals surface area contributed by atoms with Crippen LogP contribution in [0.2, 0.25) is 0 Å². The predicted octanol–water partition coefficient (Wildman–Crippen LogP) is 2.17. The Bertz CT molecular complexity index is 606. The lowest BCUT2D eigenvalue weighted by atomic mass is 10.1. The summed E-state index contributed by atoms with van der Waals surface area (Å²) in [6, 6.07) is 5.18. The van der Waals surface area contributed by atoms with Crippen LogP contribution in [0.5, 0.6) is 0 Å². The molecule has 0 unspecified atom stereocenters. The second kappa shape index (κ2) is 5.49. The first kappa shape index (κ1) is 16.1. The summed E-state index contributed by atoms with van der Waals surface area (Å²) in [6.07, 6.45) is 0. The molecule has 1 aromatic rings. The molecule has 21 heavy (non-hydrogen) atoms. The summed E-state index contributed by atoms with van der Waals surface area (Å²) in [4.78, 5) is 1.22. The number of alkyl halides is 3. The van der Waals surface area contributed by atoms with Gasteiger partial charge in [-0.05, 0) is 32.0 Å². The summed E-state index contributed by atoms with van der Waals surface area (Å²) in [5.74, 6) is 0. The maximum atomic E-state index is 12.6. The number of anilines is 1. The summed E-state index contributed by atoms with van der Waals surface area (Å²) >= 11 is 0. The van der Waals surface area contributed by atoms with Gasteiger partial charge in [0.2, 0.25) is 0 Å². The highest BCUT2D eigenvalue weighted by molar-refractivity contribution is 7.92. The average Bonchev–Trinajstić information content (AvgIpc) is 2.37. The van der Waals surface area contributed by atoms with Crippen molar-refractivity contribution in [3.8, 4) is 0 Å². The van der Waals surface area contributed by atoms with E-state index in [0.717, 1.165) is 12.1 Å². The fourth-order valence-electron chi connectivity index (χ4n) is 2.59. The van der Waals surface area contributed by atoms with E-state index in [9.17, 15) is 21.6 Å². The van der Waals surface area contributed by atoms with Gasteiger partial charge < -0.3 is 10.2 Å². The Morgan fingerprint density at radius 2 is 1.76 bits per heavy atom. The Morgan fingerprint density at radius 3 is 2.29 bits per heavy atom. The molecule has 0 saturated carbocycles. The Kier molecular flexibility index (Phi) is 4.21. The molecule has 0 bridgehead atoms. The van der Waals surface area contributed by atoms with Crippen LogP contribution in [-0.2, 0) is 9.84 Å². The normalized spacial score (nSPS) is 24.1. The molecule has 0 amide bonds. The van der Waals surface area contributed by atoms with Gasteiger partial charge in [-0.1, -0.05) is 6.07 Å². The van der Waals surface area contributed by atoms with Gasteiger partial charge in [-0.25, -0.2) is 8.42 Å². The fraction of sp³-hybridized carbons (Fsp3) is 0.538. The van der Waals surface area contributed by atoms with Gasteiger partial charge in [-0.2, -0.15) is 13.2 Å². The maximum absolute atomic E-state index is 12.6. The number of benzene rings is 1. The first-order valence-corrected chi connectivity index (χ1v) is 8.03. The number of sulfone groups is 1. The summed E-state index contributed by atoms with van der Waals surface area (Å²) in [7, 11) is -5.31. The Hall–Kier alpha value is -1.28. The number of piperazine rings is 1. The summed E-state index contributed by atoms with van der Waals surface area (Å²) < 4.78 is 60.9. The molecular weight excluding hydrogens is 305 g/mol. The molecule has 8 heteroatoms. The van der Waals surface area contributed by atoms with Gasteiger partial charge in [-0.15, -0.1) is 0 Å². The van der Waals surface area contributed by atoms with Gasteiger partial charge in [-0.3, -0.25) is 0 Å². The highest BCUT2D eigenvalue weighted by Crippen LogP contribution is 2.33. The van der Waals surface area contributed by atoms with Crippen LogP contribution in [0.15, 0.2) is 29.2 Å².